The Morgan fingerprint density at radius 1 is 1.04 bits per heavy atom. The van der Waals surface area contributed by atoms with Crippen molar-refractivity contribution in [2.45, 2.75) is 12.1 Å². The first-order chi connectivity index (χ1) is 13.0. The van der Waals surface area contributed by atoms with Crippen molar-refractivity contribution in [1.29, 1.82) is 0 Å². The van der Waals surface area contributed by atoms with E-state index < -0.39 is 50.7 Å². The molecular formula is C15H8F3N3O7. The first-order valence-electron chi connectivity index (χ1n) is 7.33. The van der Waals surface area contributed by atoms with E-state index in [1.165, 1.54) is 35.6 Å². The van der Waals surface area contributed by atoms with E-state index in [1.54, 1.807) is 0 Å². The molecule has 0 fully saturated rings. The molecule has 0 aliphatic carbocycles. The third-order valence-corrected chi connectivity index (χ3v) is 3.61. The van der Waals surface area contributed by atoms with Gasteiger partial charge in [0.1, 0.15) is 0 Å². The summed E-state index contributed by atoms with van der Waals surface area (Å²) in [6, 6.07) is 7.71. The molecule has 1 amide bonds. The third kappa shape index (κ3) is 3.13. The van der Waals surface area contributed by atoms with Crippen LogP contribution in [0.25, 0.3) is 0 Å². The number of alkyl halides is 3. The van der Waals surface area contributed by atoms with Crippen molar-refractivity contribution in [3.63, 3.8) is 0 Å². The van der Waals surface area contributed by atoms with Crippen LogP contribution in [0.15, 0.2) is 42.5 Å². The van der Waals surface area contributed by atoms with Gasteiger partial charge in [0, 0.05) is 5.56 Å². The highest BCUT2D eigenvalue weighted by Crippen LogP contribution is 2.51. The lowest BCUT2D eigenvalue weighted by molar-refractivity contribution is -0.395. The van der Waals surface area contributed by atoms with Crippen LogP contribution in [-0.2, 0) is 0 Å². The number of hydrogen-bond donors (Lipinski definition) is 1. The summed E-state index contributed by atoms with van der Waals surface area (Å²) in [6.07, 6.45) is -5.39. The molecule has 1 aliphatic rings. The maximum Gasteiger partial charge on any atom is 0.492 e. The predicted octanol–water partition coefficient (Wildman–Crippen LogP) is 2.92. The van der Waals surface area contributed by atoms with Gasteiger partial charge < -0.3 is 9.47 Å². The fourth-order valence-corrected chi connectivity index (χ4v) is 2.36. The Hall–Kier alpha value is -3.90. The van der Waals surface area contributed by atoms with Gasteiger partial charge in [-0.1, -0.05) is 18.2 Å². The number of rotatable bonds is 4. The summed E-state index contributed by atoms with van der Waals surface area (Å²) in [5, 5.41) is 23.5. The standard InChI is InChI=1S/C15H8F3N3O7/c16-14(17,18)15(19-13(22)8-4-2-1-3-5-8)27-11-7-9(20(23)24)6-10(21(25)26)12(11)28-15/h1-7H,(H,19,22). The zero-order valence-corrected chi connectivity index (χ0v) is 13.4. The van der Waals surface area contributed by atoms with Crippen LogP contribution in [0.2, 0.25) is 0 Å². The number of nitro benzene ring substituents is 2. The van der Waals surface area contributed by atoms with Gasteiger partial charge in [-0.3, -0.25) is 30.3 Å². The molecule has 0 radical (unpaired) electrons. The second kappa shape index (κ2) is 6.37. The highest BCUT2D eigenvalue weighted by atomic mass is 19.4. The molecule has 1 heterocycles. The Bertz CT molecular complexity index is 981. The lowest BCUT2D eigenvalue weighted by Crippen LogP contribution is -2.64. The number of nitrogens with zero attached hydrogens (tertiary/aromatic N) is 2. The van der Waals surface area contributed by atoms with Gasteiger partial charge in [0.05, 0.1) is 22.0 Å². The summed E-state index contributed by atoms with van der Waals surface area (Å²) in [6.45, 7) is 0. The van der Waals surface area contributed by atoms with Crippen LogP contribution in [0.4, 0.5) is 24.5 Å². The quantitative estimate of drug-likeness (QED) is 0.617. The summed E-state index contributed by atoms with van der Waals surface area (Å²) in [4.78, 5) is 32.0. The van der Waals surface area contributed by atoms with E-state index in [9.17, 15) is 38.2 Å². The number of carbonyl (C=O) groups is 1. The second-order valence-corrected chi connectivity index (χ2v) is 5.44. The Balaban J connectivity index is 2.06. The summed E-state index contributed by atoms with van der Waals surface area (Å²) in [5.74, 6) is -6.96. The van der Waals surface area contributed by atoms with E-state index >= 15 is 0 Å². The summed E-state index contributed by atoms with van der Waals surface area (Å²) < 4.78 is 50.3. The van der Waals surface area contributed by atoms with Crippen LogP contribution < -0.4 is 14.8 Å². The van der Waals surface area contributed by atoms with Crippen molar-refractivity contribution in [1.82, 2.24) is 5.32 Å². The summed E-state index contributed by atoms with van der Waals surface area (Å²) in [7, 11) is 0. The van der Waals surface area contributed by atoms with E-state index in [0.29, 0.717) is 12.1 Å². The van der Waals surface area contributed by atoms with E-state index in [0.717, 1.165) is 0 Å². The molecule has 3 rings (SSSR count). The Kier molecular flexibility index (Phi) is 4.29. The van der Waals surface area contributed by atoms with Crippen LogP contribution in [0.5, 0.6) is 11.5 Å². The molecule has 146 valence electrons. The number of fused-ring (bicyclic) bond motifs is 1. The SMILES string of the molecule is O=C(NC1(C(F)(F)F)Oc2cc([N+](=O)[O-])cc([N+](=O)[O-])c2O1)c1ccccc1. The molecule has 0 spiro atoms. The number of ether oxygens (including phenoxy) is 2. The fraction of sp³-hybridized carbons (Fsp3) is 0.133. The first kappa shape index (κ1) is 18.9. The van der Waals surface area contributed by atoms with Crippen molar-refractivity contribution >= 4 is 17.3 Å². The minimum absolute atomic E-state index is 0.172. The van der Waals surface area contributed by atoms with E-state index in [1.807, 2.05) is 0 Å². The number of non-ortho nitro benzene ring substituents is 1. The van der Waals surface area contributed by atoms with Crippen LogP contribution in [0.3, 0.4) is 0 Å². The number of hydrogen-bond acceptors (Lipinski definition) is 7. The Morgan fingerprint density at radius 2 is 1.68 bits per heavy atom. The average molecular weight is 399 g/mol. The lowest BCUT2D eigenvalue weighted by atomic mass is 10.2. The van der Waals surface area contributed by atoms with Crippen LogP contribution in [0, 0.1) is 20.2 Å². The number of carbonyl (C=O) groups excluding carboxylic acids is 1. The minimum Gasteiger partial charge on any atom is -0.424 e. The van der Waals surface area contributed by atoms with Crippen molar-refractivity contribution in [3.05, 3.63) is 68.3 Å². The zero-order valence-electron chi connectivity index (χ0n) is 13.4. The Morgan fingerprint density at radius 3 is 2.21 bits per heavy atom. The summed E-state index contributed by atoms with van der Waals surface area (Å²) >= 11 is 0. The molecule has 1 atom stereocenters. The van der Waals surface area contributed by atoms with Gasteiger partial charge in [-0.25, -0.2) is 0 Å². The van der Waals surface area contributed by atoms with Crippen LogP contribution in [-0.4, -0.2) is 27.8 Å². The predicted molar refractivity (Wildman–Crippen MR) is 83.7 cm³/mol. The molecule has 10 nitrogen and oxygen atoms in total. The fourth-order valence-electron chi connectivity index (χ4n) is 2.36. The molecule has 2 aromatic carbocycles. The van der Waals surface area contributed by atoms with E-state index in [-0.39, 0.29) is 5.56 Å². The highest BCUT2D eigenvalue weighted by molar-refractivity contribution is 5.94. The molecule has 13 heteroatoms. The molecule has 1 aliphatic heterocycles. The van der Waals surface area contributed by atoms with Crippen molar-refractivity contribution in [2.75, 3.05) is 0 Å². The molecule has 0 bridgehead atoms. The van der Waals surface area contributed by atoms with E-state index in [2.05, 4.69) is 9.47 Å². The molecule has 0 saturated carbocycles. The molecule has 28 heavy (non-hydrogen) atoms. The van der Waals surface area contributed by atoms with Gasteiger partial charge in [-0.05, 0) is 12.1 Å². The second-order valence-electron chi connectivity index (χ2n) is 5.44. The van der Waals surface area contributed by atoms with Gasteiger partial charge in [0.15, 0.2) is 5.75 Å². The smallest absolute Gasteiger partial charge is 0.424 e. The monoisotopic (exact) mass is 399 g/mol. The first-order valence-corrected chi connectivity index (χ1v) is 7.33. The number of benzene rings is 2. The van der Waals surface area contributed by atoms with Gasteiger partial charge in [0.2, 0.25) is 5.75 Å². The maximum absolute atomic E-state index is 13.7. The summed E-state index contributed by atoms with van der Waals surface area (Å²) in [5.41, 5.74) is -2.18. The van der Waals surface area contributed by atoms with Crippen LogP contribution in [0.1, 0.15) is 10.4 Å². The van der Waals surface area contributed by atoms with E-state index in [4.69, 9.17) is 0 Å². The molecule has 1 unspecified atom stereocenters. The maximum atomic E-state index is 13.7. The number of nitrogens with one attached hydrogen (secondary N) is 1. The Labute approximate surface area is 152 Å². The largest absolute Gasteiger partial charge is 0.492 e. The average Bonchev–Trinajstić information content (AvgIpc) is 3.00. The zero-order chi connectivity index (χ0) is 20.7. The molecular weight excluding hydrogens is 391 g/mol. The van der Waals surface area contributed by atoms with Gasteiger partial charge in [0.25, 0.3) is 11.6 Å². The number of nitro groups is 2. The molecule has 2 aromatic rings. The van der Waals surface area contributed by atoms with Gasteiger partial charge >= 0.3 is 17.8 Å². The normalized spacial score (nSPS) is 17.8. The third-order valence-electron chi connectivity index (χ3n) is 3.61. The number of amides is 1. The van der Waals surface area contributed by atoms with Gasteiger partial charge in [-0.2, -0.15) is 13.2 Å². The van der Waals surface area contributed by atoms with Crippen molar-refractivity contribution < 1.29 is 37.3 Å². The van der Waals surface area contributed by atoms with Gasteiger partial charge in [-0.15, -0.1) is 0 Å². The molecule has 0 saturated heterocycles. The highest BCUT2D eigenvalue weighted by Gasteiger charge is 2.67. The van der Waals surface area contributed by atoms with Crippen molar-refractivity contribution in [3.8, 4) is 11.5 Å². The number of halogens is 3. The minimum atomic E-state index is -5.39. The van der Waals surface area contributed by atoms with Crippen molar-refractivity contribution in [2.24, 2.45) is 0 Å². The molecule has 1 N–H and O–H groups in total. The lowest BCUT2D eigenvalue weighted by Gasteiger charge is -2.29. The topological polar surface area (TPSA) is 134 Å². The molecule has 0 aromatic heterocycles. The van der Waals surface area contributed by atoms with Crippen LogP contribution >= 0.6 is 0 Å².